The number of carbonyl (C=O) groups excluding carboxylic acids is 2. The predicted molar refractivity (Wildman–Crippen MR) is 63.1 cm³/mol. The van der Waals surface area contributed by atoms with E-state index in [0.717, 1.165) is 4.90 Å². The lowest BCUT2D eigenvalue weighted by atomic mass is 10.2. The molecular weight excluding hydrogens is 274 g/mol. The number of likely N-dealkylation sites (tertiary alicyclic amines) is 1. The average Bonchev–Trinajstić information content (AvgIpc) is 2.88. The van der Waals surface area contributed by atoms with Gasteiger partial charge in [-0.05, 0) is 12.1 Å². The van der Waals surface area contributed by atoms with E-state index in [4.69, 9.17) is 9.56 Å². The maximum absolute atomic E-state index is 11.6. The van der Waals surface area contributed by atoms with Crippen LogP contribution in [0.3, 0.4) is 0 Å². The molecule has 2 rings (SSSR count). The summed E-state index contributed by atoms with van der Waals surface area (Å²) < 4.78 is 27.0. The summed E-state index contributed by atoms with van der Waals surface area (Å²) in [7, 11) is -2.46. The van der Waals surface area contributed by atoms with Gasteiger partial charge in [0.1, 0.15) is 5.76 Å². The van der Waals surface area contributed by atoms with Crippen LogP contribution >= 0.6 is 0 Å². The zero-order valence-electron chi connectivity index (χ0n) is 10.1. The molecule has 1 aliphatic heterocycles. The number of hydrogen-bond donors (Lipinski definition) is 2. The van der Waals surface area contributed by atoms with Crippen molar-refractivity contribution < 1.29 is 22.4 Å². The second kappa shape index (κ2) is 4.76. The van der Waals surface area contributed by atoms with Gasteiger partial charge in [-0.2, -0.15) is 0 Å². The summed E-state index contributed by atoms with van der Waals surface area (Å²) in [6.45, 7) is 0.132. The molecule has 1 aromatic rings. The molecule has 2 amide bonds. The Labute approximate surface area is 109 Å². The standard InChI is InChI=1S/C10H13N3O5S/c1-13-8(14)4-7(10(13)15)12-5-6-2-3-9(18-6)19(11,16)17/h2-3,7,12H,4-5H2,1H3,(H2,11,16,17). The van der Waals surface area contributed by atoms with Crippen molar-refractivity contribution in [1.29, 1.82) is 0 Å². The molecule has 1 unspecified atom stereocenters. The number of amides is 2. The van der Waals surface area contributed by atoms with Crippen molar-refractivity contribution in [3.8, 4) is 0 Å². The molecule has 1 aliphatic rings. The minimum atomic E-state index is -3.87. The number of carbonyl (C=O) groups is 2. The molecule has 0 spiro atoms. The molecule has 0 aromatic carbocycles. The fourth-order valence-corrected chi connectivity index (χ4v) is 2.23. The summed E-state index contributed by atoms with van der Waals surface area (Å²) in [6.07, 6.45) is 0.0814. The molecule has 1 saturated heterocycles. The molecule has 1 fully saturated rings. The number of nitrogens with zero attached hydrogens (tertiary/aromatic N) is 1. The van der Waals surface area contributed by atoms with Gasteiger partial charge in [-0.3, -0.25) is 19.8 Å². The Morgan fingerprint density at radius 3 is 2.63 bits per heavy atom. The lowest BCUT2D eigenvalue weighted by molar-refractivity contribution is -0.137. The summed E-state index contributed by atoms with van der Waals surface area (Å²) in [5.41, 5.74) is 0. The van der Waals surface area contributed by atoms with Crippen LogP contribution in [0.25, 0.3) is 0 Å². The fraction of sp³-hybridized carbons (Fsp3) is 0.400. The average molecular weight is 287 g/mol. The number of nitrogens with one attached hydrogen (secondary N) is 1. The van der Waals surface area contributed by atoms with Crippen LogP contribution < -0.4 is 10.5 Å². The van der Waals surface area contributed by atoms with Crippen molar-refractivity contribution in [3.05, 3.63) is 17.9 Å². The van der Waals surface area contributed by atoms with E-state index in [0.29, 0.717) is 5.76 Å². The lowest BCUT2D eigenvalue weighted by Crippen LogP contribution is -2.36. The number of rotatable bonds is 4. The minimum absolute atomic E-state index is 0.0814. The summed E-state index contributed by atoms with van der Waals surface area (Å²) in [6, 6.07) is 2.07. The zero-order chi connectivity index (χ0) is 14.2. The molecule has 2 heterocycles. The molecule has 19 heavy (non-hydrogen) atoms. The first-order valence-corrected chi connectivity index (χ1v) is 6.99. The summed E-state index contributed by atoms with van der Waals surface area (Å²) in [5, 5.41) is 7.39. The number of sulfonamides is 1. The van der Waals surface area contributed by atoms with Crippen LogP contribution in [0.1, 0.15) is 12.2 Å². The highest BCUT2D eigenvalue weighted by Crippen LogP contribution is 2.14. The third kappa shape index (κ3) is 2.83. The molecule has 0 bridgehead atoms. The predicted octanol–water partition coefficient (Wildman–Crippen LogP) is -1.23. The van der Waals surface area contributed by atoms with E-state index in [2.05, 4.69) is 5.32 Å². The van der Waals surface area contributed by atoms with E-state index in [-0.39, 0.29) is 29.9 Å². The Morgan fingerprint density at radius 1 is 1.47 bits per heavy atom. The Hall–Kier alpha value is -1.71. The van der Waals surface area contributed by atoms with Crippen molar-refractivity contribution in [1.82, 2.24) is 10.2 Å². The number of likely N-dealkylation sites (N-methyl/N-ethyl adjacent to an activating group) is 1. The first kappa shape index (κ1) is 13.7. The van der Waals surface area contributed by atoms with Gasteiger partial charge in [0.15, 0.2) is 0 Å². The minimum Gasteiger partial charge on any atom is -0.447 e. The monoisotopic (exact) mass is 287 g/mol. The highest BCUT2D eigenvalue weighted by atomic mass is 32.2. The Bertz CT molecular complexity index is 621. The largest absolute Gasteiger partial charge is 0.447 e. The number of furan rings is 1. The molecule has 0 radical (unpaired) electrons. The highest BCUT2D eigenvalue weighted by Gasteiger charge is 2.35. The third-order valence-corrected chi connectivity index (χ3v) is 3.60. The summed E-state index contributed by atoms with van der Waals surface area (Å²) >= 11 is 0. The molecular formula is C10H13N3O5S. The summed E-state index contributed by atoms with van der Waals surface area (Å²) in [5.74, 6) is -0.255. The van der Waals surface area contributed by atoms with Crippen molar-refractivity contribution >= 4 is 21.8 Å². The van der Waals surface area contributed by atoms with Gasteiger partial charge in [-0.1, -0.05) is 0 Å². The van der Waals surface area contributed by atoms with Gasteiger partial charge in [-0.25, -0.2) is 13.6 Å². The third-order valence-electron chi connectivity index (χ3n) is 2.82. The SMILES string of the molecule is CN1C(=O)CC(NCc2ccc(S(N)(=O)=O)o2)C1=O. The molecule has 8 nitrogen and oxygen atoms in total. The topological polar surface area (TPSA) is 123 Å². The zero-order valence-corrected chi connectivity index (χ0v) is 10.9. The Kier molecular flexibility index (Phi) is 3.43. The van der Waals surface area contributed by atoms with Gasteiger partial charge in [0.05, 0.1) is 19.0 Å². The maximum Gasteiger partial charge on any atom is 0.271 e. The van der Waals surface area contributed by atoms with Gasteiger partial charge in [0.25, 0.3) is 10.0 Å². The number of hydrogen-bond acceptors (Lipinski definition) is 6. The summed E-state index contributed by atoms with van der Waals surface area (Å²) in [4.78, 5) is 23.9. The van der Waals surface area contributed by atoms with Crippen LogP contribution in [0.15, 0.2) is 21.6 Å². The quantitative estimate of drug-likeness (QED) is 0.669. The van der Waals surface area contributed by atoms with Crippen molar-refractivity contribution in [3.63, 3.8) is 0 Å². The van der Waals surface area contributed by atoms with Gasteiger partial charge >= 0.3 is 0 Å². The fourth-order valence-electron chi connectivity index (χ4n) is 1.74. The van der Waals surface area contributed by atoms with Gasteiger partial charge in [0.2, 0.25) is 16.9 Å². The molecule has 9 heteroatoms. The van der Waals surface area contributed by atoms with Crippen LogP contribution in [-0.2, 0) is 26.2 Å². The lowest BCUT2D eigenvalue weighted by Gasteiger charge is -2.09. The van der Waals surface area contributed by atoms with Crippen LogP contribution in [0, 0.1) is 0 Å². The number of imide groups is 1. The second-order valence-corrected chi connectivity index (χ2v) is 5.69. The van der Waals surface area contributed by atoms with E-state index >= 15 is 0 Å². The van der Waals surface area contributed by atoms with Crippen LogP contribution in [0.5, 0.6) is 0 Å². The first-order chi connectivity index (χ1) is 8.79. The van der Waals surface area contributed by atoms with Gasteiger partial charge in [-0.15, -0.1) is 0 Å². The normalized spacial score (nSPS) is 20.3. The number of nitrogens with two attached hydrogens (primary N) is 1. The first-order valence-electron chi connectivity index (χ1n) is 5.44. The molecule has 104 valence electrons. The second-order valence-electron chi connectivity index (χ2n) is 4.19. The van der Waals surface area contributed by atoms with Crippen LogP contribution in [0.4, 0.5) is 0 Å². The van der Waals surface area contributed by atoms with E-state index in [1.807, 2.05) is 0 Å². The van der Waals surface area contributed by atoms with Crippen LogP contribution in [0.2, 0.25) is 0 Å². The van der Waals surface area contributed by atoms with E-state index in [1.165, 1.54) is 19.2 Å². The molecule has 1 aromatic heterocycles. The molecule has 0 aliphatic carbocycles. The Morgan fingerprint density at radius 2 is 2.16 bits per heavy atom. The van der Waals surface area contributed by atoms with Crippen molar-refractivity contribution in [2.75, 3.05) is 7.05 Å². The van der Waals surface area contributed by atoms with Gasteiger partial charge < -0.3 is 4.42 Å². The maximum atomic E-state index is 11.6. The van der Waals surface area contributed by atoms with E-state index in [1.54, 1.807) is 0 Å². The van der Waals surface area contributed by atoms with Crippen molar-refractivity contribution in [2.24, 2.45) is 5.14 Å². The Balaban J connectivity index is 1.99. The molecule has 0 saturated carbocycles. The smallest absolute Gasteiger partial charge is 0.271 e. The molecule has 3 N–H and O–H groups in total. The molecule has 1 atom stereocenters. The van der Waals surface area contributed by atoms with Gasteiger partial charge in [0, 0.05) is 7.05 Å². The number of primary sulfonamides is 1. The van der Waals surface area contributed by atoms with E-state index in [9.17, 15) is 18.0 Å². The van der Waals surface area contributed by atoms with Crippen molar-refractivity contribution in [2.45, 2.75) is 24.1 Å². The van der Waals surface area contributed by atoms with Crippen LogP contribution in [-0.4, -0.2) is 38.2 Å². The van der Waals surface area contributed by atoms with E-state index < -0.39 is 16.1 Å². The highest BCUT2D eigenvalue weighted by molar-refractivity contribution is 7.89.